The fraction of sp³-hybridized carbons (Fsp3) is 0.846. The first-order valence-corrected chi connectivity index (χ1v) is 6.65. The largest absolute Gasteiger partial charge is 0.352 e. The Bertz CT molecular complexity index is 322. The van der Waals surface area contributed by atoms with Crippen LogP contribution in [0.1, 0.15) is 39.0 Å². The maximum atomic E-state index is 11.9. The molecule has 0 atom stereocenters. The van der Waals surface area contributed by atoms with Crippen molar-refractivity contribution in [1.29, 1.82) is 5.26 Å². The normalized spacial score (nSPS) is 24.0. The van der Waals surface area contributed by atoms with Gasteiger partial charge in [-0.05, 0) is 38.6 Å². The topological polar surface area (TPSA) is 56.1 Å². The summed E-state index contributed by atoms with van der Waals surface area (Å²) < 4.78 is 0. The minimum Gasteiger partial charge on any atom is -0.352 e. The summed E-state index contributed by atoms with van der Waals surface area (Å²) in [6.07, 6.45) is 4.71. The lowest BCUT2D eigenvalue weighted by Crippen LogP contribution is -2.46. The molecule has 4 nitrogen and oxygen atoms in total. The van der Waals surface area contributed by atoms with E-state index in [1.165, 1.54) is 6.42 Å². The van der Waals surface area contributed by atoms with E-state index >= 15 is 0 Å². The SMILES string of the molecule is CCCN1CCC(NC(=O)C2(C#N)CC2)CC1. The summed E-state index contributed by atoms with van der Waals surface area (Å²) in [7, 11) is 0. The number of amides is 1. The van der Waals surface area contributed by atoms with Gasteiger partial charge in [0.05, 0.1) is 6.07 Å². The highest BCUT2D eigenvalue weighted by Gasteiger charge is 2.51. The molecule has 1 saturated heterocycles. The Morgan fingerprint density at radius 3 is 2.59 bits per heavy atom. The predicted molar refractivity (Wildman–Crippen MR) is 65.2 cm³/mol. The number of hydrogen-bond acceptors (Lipinski definition) is 3. The summed E-state index contributed by atoms with van der Waals surface area (Å²) in [4.78, 5) is 14.3. The number of nitrogens with zero attached hydrogens (tertiary/aromatic N) is 2. The molecule has 0 aromatic rings. The van der Waals surface area contributed by atoms with Crippen LogP contribution in [0, 0.1) is 16.7 Å². The summed E-state index contributed by atoms with van der Waals surface area (Å²) >= 11 is 0. The fourth-order valence-corrected chi connectivity index (χ4v) is 2.46. The van der Waals surface area contributed by atoms with E-state index in [1.54, 1.807) is 0 Å². The third kappa shape index (κ3) is 2.78. The lowest BCUT2D eigenvalue weighted by molar-refractivity contribution is -0.125. The van der Waals surface area contributed by atoms with Crippen LogP contribution >= 0.6 is 0 Å². The van der Waals surface area contributed by atoms with Crippen LogP contribution < -0.4 is 5.32 Å². The molecule has 2 rings (SSSR count). The molecule has 0 unspecified atom stereocenters. The van der Waals surface area contributed by atoms with E-state index in [0.29, 0.717) is 0 Å². The fourth-order valence-electron chi connectivity index (χ4n) is 2.46. The molecule has 4 heteroatoms. The predicted octanol–water partition coefficient (Wildman–Crippen LogP) is 1.28. The Morgan fingerprint density at radius 2 is 2.12 bits per heavy atom. The summed E-state index contributed by atoms with van der Waals surface area (Å²) in [5, 5.41) is 12.0. The van der Waals surface area contributed by atoms with Gasteiger partial charge >= 0.3 is 0 Å². The zero-order chi connectivity index (χ0) is 12.3. The summed E-state index contributed by atoms with van der Waals surface area (Å²) in [5.41, 5.74) is -0.666. The van der Waals surface area contributed by atoms with Crippen LogP contribution in [0.3, 0.4) is 0 Å². The van der Waals surface area contributed by atoms with Crippen molar-refractivity contribution in [3.05, 3.63) is 0 Å². The number of hydrogen-bond donors (Lipinski definition) is 1. The number of rotatable bonds is 4. The highest BCUT2D eigenvalue weighted by molar-refractivity contribution is 5.88. The Balaban J connectivity index is 1.75. The molecule has 1 N–H and O–H groups in total. The molecule has 0 spiro atoms. The van der Waals surface area contributed by atoms with Gasteiger partial charge in [0.1, 0.15) is 5.41 Å². The van der Waals surface area contributed by atoms with Gasteiger partial charge in [0, 0.05) is 19.1 Å². The average molecular weight is 235 g/mol. The first kappa shape index (κ1) is 12.4. The molecule has 17 heavy (non-hydrogen) atoms. The molecule has 1 aliphatic heterocycles. The van der Waals surface area contributed by atoms with Crippen LogP contribution in [-0.4, -0.2) is 36.5 Å². The van der Waals surface area contributed by atoms with Gasteiger partial charge in [-0.1, -0.05) is 6.92 Å². The molecule has 94 valence electrons. The second-order valence-electron chi connectivity index (χ2n) is 5.28. The van der Waals surface area contributed by atoms with Gasteiger partial charge in [0.2, 0.25) is 5.91 Å². The first-order chi connectivity index (χ1) is 8.20. The Kier molecular flexibility index (Phi) is 3.68. The summed E-state index contributed by atoms with van der Waals surface area (Å²) in [6, 6.07) is 2.43. The second-order valence-corrected chi connectivity index (χ2v) is 5.28. The number of likely N-dealkylation sites (tertiary alicyclic amines) is 1. The Morgan fingerprint density at radius 1 is 1.47 bits per heavy atom. The lowest BCUT2D eigenvalue weighted by Gasteiger charge is -2.32. The molecule has 0 bridgehead atoms. The minimum atomic E-state index is -0.666. The van der Waals surface area contributed by atoms with Gasteiger partial charge < -0.3 is 10.2 Å². The van der Waals surface area contributed by atoms with Crippen LogP contribution in [0.2, 0.25) is 0 Å². The maximum Gasteiger partial charge on any atom is 0.240 e. The van der Waals surface area contributed by atoms with Gasteiger partial charge in [-0.3, -0.25) is 4.79 Å². The van der Waals surface area contributed by atoms with Crippen LogP contribution in [0.25, 0.3) is 0 Å². The highest BCUT2D eigenvalue weighted by atomic mass is 16.2. The molecule has 2 aliphatic rings. The van der Waals surface area contributed by atoms with Crippen molar-refractivity contribution in [2.45, 2.75) is 45.1 Å². The monoisotopic (exact) mass is 235 g/mol. The molecule has 0 radical (unpaired) electrons. The third-order valence-corrected chi connectivity index (χ3v) is 3.86. The van der Waals surface area contributed by atoms with Crippen molar-refractivity contribution in [2.24, 2.45) is 5.41 Å². The minimum absolute atomic E-state index is 0.0334. The number of piperidine rings is 1. The molecular formula is C13H21N3O. The molecule has 1 heterocycles. The standard InChI is InChI=1S/C13H21N3O/c1-2-7-16-8-3-11(4-9-16)15-12(17)13(10-14)5-6-13/h11H,2-9H2,1H3,(H,15,17). The molecule has 0 aromatic heterocycles. The van der Waals surface area contributed by atoms with Crippen molar-refractivity contribution in [2.75, 3.05) is 19.6 Å². The number of nitriles is 1. The third-order valence-electron chi connectivity index (χ3n) is 3.86. The van der Waals surface area contributed by atoms with Crippen molar-refractivity contribution in [3.63, 3.8) is 0 Å². The number of carbonyl (C=O) groups excluding carboxylic acids is 1. The van der Waals surface area contributed by atoms with Crippen molar-refractivity contribution < 1.29 is 4.79 Å². The first-order valence-electron chi connectivity index (χ1n) is 6.65. The quantitative estimate of drug-likeness (QED) is 0.798. The van der Waals surface area contributed by atoms with Gasteiger partial charge in [-0.25, -0.2) is 0 Å². The zero-order valence-electron chi connectivity index (χ0n) is 10.5. The number of nitrogens with one attached hydrogen (secondary N) is 1. The van der Waals surface area contributed by atoms with E-state index in [0.717, 1.165) is 45.3 Å². The Labute approximate surface area is 103 Å². The summed E-state index contributed by atoms with van der Waals surface area (Å²) in [6.45, 7) is 5.48. The molecule has 1 amide bonds. The zero-order valence-corrected chi connectivity index (χ0v) is 10.5. The van der Waals surface area contributed by atoms with Gasteiger partial charge in [0.25, 0.3) is 0 Å². The lowest BCUT2D eigenvalue weighted by atomic mass is 10.0. The van der Waals surface area contributed by atoms with Crippen LogP contribution in [0.5, 0.6) is 0 Å². The second kappa shape index (κ2) is 5.05. The van der Waals surface area contributed by atoms with E-state index in [1.807, 2.05) is 0 Å². The van der Waals surface area contributed by atoms with Gasteiger partial charge in [-0.2, -0.15) is 5.26 Å². The van der Waals surface area contributed by atoms with Crippen LogP contribution in [0.15, 0.2) is 0 Å². The molecule has 0 aromatic carbocycles. The summed E-state index contributed by atoms with van der Waals surface area (Å²) in [5.74, 6) is -0.0334. The van der Waals surface area contributed by atoms with E-state index in [4.69, 9.17) is 5.26 Å². The highest BCUT2D eigenvalue weighted by Crippen LogP contribution is 2.45. The molecule has 1 saturated carbocycles. The van der Waals surface area contributed by atoms with Gasteiger partial charge in [0.15, 0.2) is 0 Å². The molecule has 1 aliphatic carbocycles. The van der Waals surface area contributed by atoms with E-state index < -0.39 is 5.41 Å². The molecular weight excluding hydrogens is 214 g/mol. The van der Waals surface area contributed by atoms with Crippen molar-refractivity contribution in [1.82, 2.24) is 10.2 Å². The van der Waals surface area contributed by atoms with E-state index in [9.17, 15) is 4.79 Å². The smallest absolute Gasteiger partial charge is 0.240 e. The average Bonchev–Trinajstić information content (AvgIpc) is 3.13. The molecule has 2 fully saturated rings. The number of carbonyl (C=O) groups is 1. The van der Waals surface area contributed by atoms with Crippen molar-refractivity contribution >= 4 is 5.91 Å². The van der Waals surface area contributed by atoms with E-state index in [-0.39, 0.29) is 11.9 Å². The van der Waals surface area contributed by atoms with Gasteiger partial charge in [-0.15, -0.1) is 0 Å². The van der Waals surface area contributed by atoms with Crippen LogP contribution in [0.4, 0.5) is 0 Å². The van der Waals surface area contributed by atoms with E-state index in [2.05, 4.69) is 23.2 Å². The van der Waals surface area contributed by atoms with Crippen molar-refractivity contribution in [3.8, 4) is 6.07 Å². The Hall–Kier alpha value is -1.08. The van der Waals surface area contributed by atoms with Crippen LogP contribution in [-0.2, 0) is 4.79 Å². The maximum absolute atomic E-state index is 11.9.